The van der Waals surface area contributed by atoms with E-state index in [0.717, 1.165) is 24.0 Å². The Labute approximate surface area is 217 Å². The van der Waals surface area contributed by atoms with Crippen LogP contribution < -0.4 is 44.7 Å². The number of aryl methyl sites for hydroxylation is 1. The van der Waals surface area contributed by atoms with Crippen LogP contribution >= 0.6 is 0 Å². The smallest absolute Gasteiger partial charge is 0.549 e. The molecule has 0 spiro atoms. The van der Waals surface area contributed by atoms with Crippen molar-refractivity contribution >= 4 is 11.9 Å². The number of carbonyl (C=O) groups is 2. The second-order valence-electron chi connectivity index (χ2n) is 7.63. The molecule has 0 radical (unpaired) electrons. The van der Waals surface area contributed by atoms with Gasteiger partial charge in [-0.1, -0.05) is 80.1 Å². The van der Waals surface area contributed by atoms with E-state index < -0.39 is 17.8 Å². The second kappa shape index (κ2) is 13.8. The number of ether oxygens (including phenoxy) is 1. The van der Waals surface area contributed by atoms with Gasteiger partial charge < -0.3 is 20.0 Å². The predicted molar refractivity (Wildman–Crippen MR) is 123 cm³/mol. The van der Waals surface area contributed by atoms with Crippen molar-refractivity contribution in [1.29, 1.82) is 0 Å². The topological polar surface area (TPSA) is 78.5 Å². The Bertz CT molecular complexity index is 1020. The maximum absolute atomic E-state index is 12.3. The average Bonchev–Trinajstić information content (AvgIpc) is 2.82. The maximum Gasteiger partial charge on any atom is 1.00 e. The number of carboxylic acids is 1. The first-order valence-electron chi connectivity index (χ1n) is 10.9. The summed E-state index contributed by atoms with van der Waals surface area (Å²) in [6, 6.07) is 25.3. The van der Waals surface area contributed by atoms with Gasteiger partial charge in [-0.05, 0) is 47.2 Å². The summed E-state index contributed by atoms with van der Waals surface area (Å²) in [6.07, 6.45) is 2.22. The van der Waals surface area contributed by atoms with Crippen LogP contribution in [0.4, 0.5) is 0 Å². The van der Waals surface area contributed by atoms with Crippen LogP contribution in [0.15, 0.2) is 78.9 Å². The molecule has 3 aromatic carbocycles. The van der Waals surface area contributed by atoms with Crippen LogP contribution in [0.5, 0.6) is 5.75 Å². The molecule has 3 aromatic rings. The van der Waals surface area contributed by atoms with Crippen LogP contribution in [0.2, 0.25) is 0 Å². The van der Waals surface area contributed by atoms with Crippen molar-refractivity contribution in [1.82, 2.24) is 5.32 Å². The number of carbonyl (C=O) groups excluding carboxylic acids is 2. The van der Waals surface area contributed by atoms with Crippen molar-refractivity contribution in [3.05, 3.63) is 90.0 Å². The van der Waals surface area contributed by atoms with Gasteiger partial charge in [0.2, 0.25) is 5.91 Å². The Balaban J connectivity index is 0.00000385. The fourth-order valence-electron chi connectivity index (χ4n) is 3.62. The van der Waals surface area contributed by atoms with Gasteiger partial charge >= 0.3 is 29.6 Å². The second-order valence-corrected chi connectivity index (χ2v) is 7.63. The van der Waals surface area contributed by atoms with E-state index >= 15 is 0 Å². The van der Waals surface area contributed by atoms with Gasteiger partial charge in [0, 0.05) is 0 Å². The molecule has 0 aliphatic carbocycles. The number of benzene rings is 3. The van der Waals surface area contributed by atoms with E-state index in [-0.39, 0.29) is 49.1 Å². The number of rotatable bonds is 11. The van der Waals surface area contributed by atoms with E-state index in [1.807, 2.05) is 36.4 Å². The summed E-state index contributed by atoms with van der Waals surface area (Å²) in [4.78, 5) is 23.7. The molecule has 5 nitrogen and oxygen atoms in total. The minimum absolute atomic E-state index is 0. The van der Waals surface area contributed by atoms with Crippen LogP contribution in [0, 0.1) is 5.92 Å². The molecule has 0 saturated carbocycles. The summed E-state index contributed by atoms with van der Waals surface area (Å²) in [6.45, 7) is 2.62. The number of hydrogen-bond acceptors (Lipinski definition) is 4. The van der Waals surface area contributed by atoms with Crippen molar-refractivity contribution in [2.24, 2.45) is 5.92 Å². The molecule has 0 bridgehead atoms. The van der Waals surface area contributed by atoms with Crippen molar-refractivity contribution < 1.29 is 49.0 Å². The zero-order chi connectivity index (χ0) is 22.8. The molecule has 0 saturated heterocycles. The van der Waals surface area contributed by atoms with Gasteiger partial charge in [0.1, 0.15) is 12.4 Å². The Morgan fingerprint density at radius 2 is 1.61 bits per heavy atom. The van der Waals surface area contributed by atoms with Crippen LogP contribution in [-0.4, -0.2) is 25.0 Å². The molecule has 33 heavy (non-hydrogen) atoms. The molecule has 1 amide bonds. The van der Waals surface area contributed by atoms with Gasteiger partial charge in [-0.15, -0.1) is 0 Å². The predicted octanol–water partition coefficient (Wildman–Crippen LogP) is 0.414. The van der Waals surface area contributed by atoms with Gasteiger partial charge in [0.05, 0.1) is 18.4 Å². The molecule has 6 heteroatoms. The molecule has 0 fully saturated rings. The fourth-order valence-corrected chi connectivity index (χ4v) is 3.62. The molecule has 1 unspecified atom stereocenters. The van der Waals surface area contributed by atoms with Gasteiger partial charge in [-0.25, -0.2) is 0 Å². The van der Waals surface area contributed by atoms with Gasteiger partial charge in [0.25, 0.3) is 0 Å². The first-order valence-corrected chi connectivity index (χ1v) is 10.9. The Kier molecular flexibility index (Phi) is 11.2. The third-order valence-corrected chi connectivity index (χ3v) is 5.26. The standard InChI is InChI=1S/C27H29NO4.Na/c1-2-8-21-11-6-7-12-24(21)22-13-15-23(16-14-22)32-18-17-28-26(29)25(27(30)31)19-20-9-4-3-5-10-20;/h3-7,9-16,25H,2,8,17-19H2,1H3,(H,28,29)(H,30,31);/q;+1/p-1. The molecule has 0 heterocycles. The molecular formula is C27H28NNaO4. The van der Waals surface area contributed by atoms with E-state index in [1.165, 1.54) is 11.1 Å². The summed E-state index contributed by atoms with van der Waals surface area (Å²) >= 11 is 0. The summed E-state index contributed by atoms with van der Waals surface area (Å²) in [5, 5.41) is 14.0. The van der Waals surface area contributed by atoms with Crippen molar-refractivity contribution in [2.75, 3.05) is 13.2 Å². The Morgan fingerprint density at radius 3 is 2.27 bits per heavy atom. The quantitative estimate of drug-likeness (QED) is 0.259. The maximum atomic E-state index is 12.3. The third-order valence-electron chi connectivity index (χ3n) is 5.26. The molecule has 1 atom stereocenters. The van der Waals surface area contributed by atoms with Gasteiger partial charge in [-0.3, -0.25) is 4.79 Å². The summed E-state index contributed by atoms with van der Waals surface area (Å²) in [7, 11) is 0. The van der Waals surface area contributed by atoms with Crippen molar-refractivity contribution in [2.45, 2.75) is 26.2 Å². The number of hydrogen-bond donors (Lipinski definition) is 1. The fraction of sp³-hybridized carbons (Fsp3) is 0.259. The van der Waals surface area contributed by atoms with Crippen LogP contribution in [0.1, 0.15) is 24.5 Å². The minimum Gasteiger partial charge on any atom is -0.549 e. The van der Waals surface area contributed by atoms with Gasteiger partial charge in [-0.2, -0.15) is 0 Å². The zero-order valence-electron chi connectivity index (χ0n) is 19.3. The molecular weight excluding hydrogens is 425 g/mol. The first kappa shape index (κ1) is 26.7. The van der Waals surface area contributed by atoms with E-state index in [2.05, 4.69) is 30.4 Å². The summed E-state index contributed by atoms with van der Waals surface area (Å²) < 4.78 is 5.71. The van der Waals surface area contributed by atoms with Crippen molar-refractivity contribution in [3.63, 3.8) is 0 Å². The Hall–Kier alpha value is -2.60. The number of carboxylic acid groups (broad SMARTS) is 1. The minimum atomic E-state index is -1.38. The zero-order valence-corrected chi connectivity index (χ0v) is 21.3. The molecule has 0 aliphatic heterocycles. The molecule has 3 rings (SSSR count). The van der Waals surface area contributed by atoms with E-state index in [4.69, 9.17) is 4.74 Å². The summed E-state index contributed by atoms with van der Waals surface area (Å²) in [5.74, 6) is -2.50. The van der Waals surface area contributed by atoms with Crippen LogP contribution in [-0.2, 0) is 22.4 Å². The largest absolute Gasteiger partial charge is 1.00 e. The average molecular weight is 454 g/mol. The molecule has 0 aromatic heterocycles. The van der Waals surface area contributed by atoms with Crippen LogP contribution in [0.3, 0.4) is 0 Å². The van der Waals surface area contributed by atoms with E-state index in [0.29, 0.717) is 5.75 Å². The van der Waals surface area contributed by atoms with Gasteiger partial charge in [0.15, 0.2) is 0 Å². The number of amides is 1. The number of nitrogens with one attached hydrogen (secondary N) is 1. The molecule has 1 N–H and O–H groups in total. The third kappa shape index (κ3) is 8.04. The SMILES string of the molecule is CCCc1ccccc1-c1ccc(OCCNC(=O)C(Cc2ccccc2)C(=O)[O-])cc1.[Na+]. The van der Waals surface area contributed by atoms with E-state index in [9.17, 15) is 14.7 Å². The number of aliphatic carboxylic acids is 1. The van der Waals surface area contributed by atoms with Crippen molar-refractivity contribution in [3.8, 4) is 16.9 Å². The molecule has 0 aliphatic rings. The summed E-state index contributed by atoms with van der Waals surface area (Å²) in [5.41, 5.74) is 4.45. The monoisotopic (exact) mass is 453 g/mol. The first-order chi connectivity index (χ1) is 15.6. The van der Waals surface area contributed by atoms with E-state index in [1.54, 1.807) is 24.3 Å². The van der Waals surface area contributed by atoms with Crippen LogP contribution in [0.25, 0.3) is 11.1 Å². The molecule has 166 valence electrons. The Morgan fingerprint density at radius 1 is 0.939 bits per heavy atom. The normalized spacial score (nSPS) is 11.2.